The van der Waals surface area contributed by atoms with Crippen LogP contribution in [0.4, 0.5) is 4.39 Å². The first kappa shape index (κ1) is 11.7. The molecule has 0 saturated heterocycles. The second-order valence-electron chi connectivity index (χ2n) is 3.60. The number of hydrogen-bond acceptors (Lipinski definition) is 2. The average molecular weight is 256 g/mol. The molecule has 86 valence electrons. The molecule has 1 atom stereocenters. The second kappa shape index (κ2) is 5.01. The van der Waals surface area contributed by atoms with Crippen LogP contribution in [0.15, 0.2) is 23.1 Å². The fourth-order valence-electron chi connectivity index (χ4n) is 1.75. The summed E-state index contributed by atoms with van der Waals surface area (Å²) in [5, 5.41) is 6.67. The molecule has 2 rings (SSSR count). The fourth-order valence-corrected chi connectivity index (χ4v) is 2.99. The van der Waals surface area contributed by atoms with E-state index in [1.165, 1.54) is 6.07 Å². The van der Waals surface area contributed by atoms with E-state index < -0.39 is 0 Å². The van der Waals surface area contributed by atoms with Gasteiger partial charge in [-0.1, -0.05) is 0 Å². The molecule has 16 heavy (non-hydrogen) atoms. The smallest absolute Gasteiger partial charge is 0.166 e. The third-order valence-corrected chi connectivity index (χ3v) is 3.99. The highest BCUT2D eigenvalue weighted by Crippen LogP contribution is 2.36. The van der Waals surface area contributed by atoms with Gasteiger partial charge in [0.15, 0.2) is 5.11 Å². The Morgan fingerprint density at radius 3 is 3.12 bits per heavy atom. The normalized spacial score (nSPS) is 18.8. The third kappa shape index (κ3) is 2.47. The van der Waals surface area contributed by atoms with E-state index in [4.69, 9.17) is 12.2 Å². The van der Waals surface area contributed by atoms with Crippen molar-refractivity contribution in [2.75, 3.05) is 12.8 Å². The summed E-state index contributed by atoms with van der Waals surface area (Å²) in [6, 6.07) is 5.06. The Morgan fingerprint density at radius 2 is 2.38 bits per heavy atom. The van der Waals surface area contributed by atoms with Crippen molar-refractivity contribution in [3.63, 3.8) is 0 Å². The van der Waals surface area contributed by atoms with Gasteiger partial charge in [0.1, 0.15) is 5.82 Å². The number of halogens is 1. The van der Waals surface area contributed by atoms with E-state index in [1.807, 2.05) is 6.07 Å². The molecule has 5 heteroatoms. The minimum atomic E-state index is -0.191. The molecule has 0 fully saturated rings. The number of rotatable bonds is 1. The van der Waals surface area contributed by atoms with Gasteiger partial charge in [0.05, 0.1) is 6.04 Å². The largest absolute Gasteiger partial charge is 0.366 e. The van der Waals surface area contributed by atoms with Crippen molar-refractivity contribution < 1.29 is 4.39 Å². The van der Waals surface area contributed by atoms with Crippen molar-refractivity contribution in [1.82, 2.24) is 10.6 Å². The maximum atomic E-state index is 13.2. The van der Waals surface area contributed by atoms with Crippen LogP contribution in [0.25, 0.3) is 0 Å². The highest BCUT2D eigenvalue weighted by molar-refractivity contribution is 7.99. The minimum absolute atomic E-state index is 0.117. The van der Waals surface area contributed by atoms with E-state index in [0.717, 1.165) is 22.6 Å². The van der Waals surface area contributed by atoms with E-state index in [-0.39, 0.29) is 11.9 Å². The van der Waals surface area contributed by atoms with Gasteiger partial charge in [0.2, 0.25) is 0 Å². The van der Waals surface area contributed by atoms with Gasteiger partial charge in [-0.3, -0.25) is 0 Å². The zero-order valence-electron chi connectivity index (χ0n) is 8.92. The first-order valence-corrected chi connectivity index (χ1v) is 6.50. The Hall–Kier alpha value is -0.810. The summed E-state index contributed by atoms with van der Waals surface area (Å²) in [6.07, 6.45) is 0.961. The topological polar surface area (TPSA) is 24.1 Å². The molecule has 0 saturated carbocycles. The van der Waals surface area contributed by atoms with E-state index in [2.05, 4.69) is 10.6 Å². The average Bonchev–Trinajstić information content (AvgIpc) is 2.29. The van der Waals surface area contributed by atoms with Crippen LogP contribution in [0.3, 0.4) is 0 Å². The third-order valence-electron chi connectivity index (χ3n) is 2.54. The van der Waals surface area contributed by atoms with Gasteiger partial charge in [-0.2, -0.15) is 0 Å². The highest BCUT2D eigenvalue weighted by Gasteiger charge is 2.21. The van der Waals surface area contributed by atoms with Crippen molar-refractivity contribution in [1.29, 1.82) is 0 Å². The van der Waals surface area contributed by atoms with Crippen LogP contribution in [-0.2, 0) is 0 Å². The van der Waals surface area contributed by atoms with Crippen LogP contribution < -0.4 is 10.6 Å². The predicted molar refractivity (Wildman–Crippen MR) is 69.3 cm³/mol. The highest BCUT2D eigenvalue weighted by atomic mass is 32.2. The van der Waals surface area contributed by atoms with Crippen molar-refractivity contribution in [2.24, 2.45) is 0 Å². The van der Waals surface area contributed by atoms with Crippen molar-refractivity contribution >= 4 is 29.1 Å². The molecule has 0 amide bonds. The summed E-state index contributed by atoms with van der Waals surface area (Å²) in [7, 11) is 1.78. The first-order valence-electron chi connectivity index (χ1n) is 5.11. The molecule has 0 bridgehead atoms. The van der Waals surface area contributed by atoms with E-state index in [9.17, 15) is 4.39 Å². The van der Waals surface area contributed by atoms with Crippen LogP contribution in [0.1, 0.15) is 18.0 Å². The quantitative estimate of drug-likeness (QED) is 0.754. The predicted octanol–water partition coefficient (Wildman–Crippen LogP) is 2.46. The Kier molecular flexibility index (Phi) is 3.66. The molecule has 1 aromatic carbocycles. The molecule has 0 spiro atoms. The summed E-state index contributed by atoms with van der Waals surface area (Å²) < 4.78 is 13.2. The molecule has 0 radical (unpaired) electrons. The number of fused-ring (bicyclic) bond motifs is 1. The van der Waals surface area contributed by atoms with Crippen molar-refractivity contribution in [3.05, 3.63) is 29.6 Å². The Morgan fingerprint density at radius 1 is 1.56 bits per heavy atom. The maximum Gasteiger partial charge on any atom is 0.166 e. The molecular weight excluding hydrogens is 243 g/mol. The molecule has 1 aliphatic heterocycles. The van der Waals surface area contributed by atoms with Crippen molar-refractivity contribution in [2.45, 2.75) is 17.4 Å². The van der Waals surface area contributed by atoms with Gasteiger partial charge >= 0.3 is 0 Å². The monoisotopic (exact) mass is 256 g/mol. The van der Waals surface area contributed by atoms with Gasteiger partial charge in [-0.15, -0.1) is 11.8 Å². The molecule has 1 heterocycles. The zero-order valence-corrected chi connectivity index (χ0v) is 10.6. The number of benzene rings is 1. The Balaban J connectivity index is 2.24. The van der Waals surface area contributed by atoms with E-state index >= 15 is 0 Å². The minimum Gasteiger partial charge on any atom is -0.366 e. The SMILES string of the molecule is CNC(=S)N[C@H]1CCSc2ccc(F)cc21. The van der Waals surface area contributed by atoms with E-state index in [1.54, 1.807) is 24.9 Å². The molecular formula is C11H13FN2S2. The van der Waals surface area contributed by atoms with Crippen LogP contribution in [0.5, 0.6) is 0 Å². The summed E-state index contributed by atoms with van der Waals surface area (Å²) >= 11 is 6.84. The second-order valence-corrected chi connectivity index (χ2v) is 5.14. The summed E-state index contributed by atoms with van der Waals surface area (Å²) in [5.41, 5.74) is 1.01. The summed E-state index contributed by atoms with van der Waals surface area (Å²) in [4.78, 5) is 1.14. The molecule has 1 aliphatic rings. The van der Waals surface area contributed by atoms with Crippen LogP contribution in [-0.4, -0.2) is 17.9 Å². The molecule has 2 nitrogen and oxygen atoms in total. The van der Waals surface area contributed by atoms with E-state index in [0.29, 0.717) is 5.11 Å². The first-order chi connectivity index (χ1) is 7.70. The van der Waals surface area contributed by atoms with Crippen molar-refractivity contribution in [3.8, 4) is 0 Å². The molecule has 2 N–H and O–H groups in total. The summed E-state index contributed by atoms with van der Waals surface area (Å²) in [6.45, 7) is 0. The lowest BCUT2D eigenvalue weighted by molar-refractivity contribution is 0.583. The van der Waals surface area contributed by atoms with Gasteiger partial charge in [-0.25, -0.2) is 4.39 Å². The Bertz CT molecular complexity index is 409. The molecule has 1 aromatic rings. The number of nitrogens with one attached hydrogen (secondary N) is 2. The molecule has 0 unspecified atom stereocenters. The zero-order chi connectivity index (χ0) is 11.5. The maximum absolute atomic E-state index is 13.2. The lowest BCUT2D eigenvalue weighted by atomic mass is 10.0. The van der Waals surface area contributed by atoms with Crippen LogP contribution >= 0.6 is 24.0 Å². The standard InChI is InChI=1S/C11H13FN2S2/c1-13-11(15)14-9-4-5-16-10-3-2-7(12)6-8(9)10/h2-3,6,9H,4-5H2,1H3,(H2,13,14,15)/t9-/m0/s1. The van der Waals surface area contributed by atoms with Gasteiger partial charge in [0, 0.05) is 17.7 Å². The molecule has 0 aromatic heterocycles. The summed E-state index contributed by atoms with van der Waals surface area (Å²) in [5.74, 6) is 0.839. The van der Waals surface area contributed by atoms with Crippen LogP contribution in [0.2, 0.25) is 0 Å². The Labute approximate surface area is 104 Å². The number of hydrogen-bond donors (Lipinski definition) is 2. The molecule has 0 aliphatic carbocycles. The van der Waals surface area contributed by atoms with Crippen LogP contribution in [0, 0.1) is 5.82 Å². The lowest BCUT2D eigenvalue weighted by Gasteiger charge is -2.26. The lowest BCUT2D eigenvalue weighted by Crippen LogP contribution is -2.36. The number of thiocarbonyl (C=S) groups is 1. The van der Waals surface area contributed by atoms with Gasteiger partial charge in [-0.05, 0) is 42.4 Å². The number of thioether (sulfide) groups is 1. The van der Waals surface area contributed by atoms with Gasteiger partial charge in [0.25, 0.3) is 0 Å². The fraction of sp³-hybridized carbons (Fsp3) is 0.364. The van der Waals surface area contributed by atoms with Gasteiger partial charge < -0.3 is 10.6 Å².